The topological polar surface area (TPSA) is 114 Å². The van der Waals surface area contributed by atoms with Crippen LogP contribution in [0.1, 0.15) is 35.6 Å². The van der Waals surface area contributed by atoms with Crippen LogP contribution in [0.3, 0.4) is 0 Å². The van der Waals surface area contributed by atoms with Crippen LogP contribution < -0.4 is 10.1 Å². The van der Waals surface area contributed by atoms with Crippen LogP contribution in [-0.4, -0.2) is 49.8 Å². The van der Waals surface area contributed by atoms with Crippen molar-refractivity contribution in [2.75, 3.05) is 19.0 Å². The van der Waals surface area contributed by atoms with Gasteiger partial charge in [0.05, 0.1) is 17.3 Å². The standard InChI is InChI=1S/C34H32F2N2O6S/c35-29-17-12-24(22-30(29)36)23-37-33(40)34(18-21-45(41,42)28-10-5-2-6-11-28)31(25-8-3-1-4-9-25)44-32(38-34)26-13-15-27(16-14-26)43-20-7-19-39/h1-6,8-17,22,31,39H,7,18-21,23H2,(H,37,40)/t31-,34-/m1/s1. The number of rotatable bonds is 13. The van der Waals surface area contributed by atoms with Crippen molar-refractivity contribution < 1.29 is 36.6 Å². The lowest BCUT2D eigenvalue weighted by Crippen LogP contribution is -2.49. The van der Waals surface area contributed by atoms with Crippen LogP contribution in [0.25, 0.3) is 0 Å². The molecule has 4 aromatic carbocycles. The van der Waals surface area contributed by atoms with Crippen LogP contribution in [0, 0.1) is 11.6 Å². The Bertz CT molecular complexity index is 1750. The SMILES string of the molecule is O=C(NCc1ccc(F)c(F)c1)[C@]1(CCS(=O)(=O)c2ccccc2)N=C(c2ccc(OCCCO)cc2)O[C@@H]1c1ccccc1. The number of halogens is 2. The summed E-state index contributed by atoms with van der Waals surface area (Å²) < 4.78 is 66.3. The summed E-state index contributed by atoms with van der Waals surface area (Å²) in [5.74, 6) is -2.43. The molecule has 1 amide bonds. The number of hydrogen-bond acceptors (Lipinski definition) is 7. The summed E-state index contributed by atoms with van der Waals surface area (Å²) >= 11 is 0. The molecule has 1 heterocycles. The Balaban J connectivity index is 1.53. The zero-order valence-corrected chi connectivity index (χ0v) is 25.1. The van der Waals surface area contributed by atoms with E-state index in [4.69, 9.17) is 19.6 Å². The molecule has 0 aromatic heterocycles. The highest BCUT2D eigenvalue weighted by Crippen LogP contribution is 2.43. The van der Waals surface area contributed by atoms with Gasteiger partial charge in [-0.25, -0.2) is 22.2 Å². The molecule has 1 aliphatic heterocycles. The molecule has 8 nitrogen and oxygen atoms in total. The van der Waals surface area contributed by atoms with E-state index in [2.05, 4.69) is 5.32 Å². The lowest BCUT2D eigenvalue weighted by molar-refractivity contribution is -0.129. The van der Waals surface area contributed by atoms with E-state index in [1.54, 1.807) is 72.8 Å². The Labute approximate surface area is 260 Å². The molecule has 0 fully saturated rings. The number of ether oxygens (including phenoxy) is 2. The third-order valence-electron chi connectivity index (χ3n) is 7.42. The quantitative estimate of drug-likeness (QED) is 0.197. The van der Waals surface area contributed by atoms with Crippen molar-refractivity contribution in [2.45, 2.75) is 35.9 Å². The Hall–Kier alpha value is -4.61. The van der Waals surface area contributed by atoms with Gasteiger partial charge in [-0.1, -0.05) is 54.6 Å². The van der Waals surface area contributed by atoms with Gasteiger partial charge in [0.25, 0.3) is 5.91 Å². The lowest BCUT2D eigenvalue weighted by atomic mass is 9.85. The maximum Gasteiger partial charge on any atom is 0.252 e. The van der Waals surface area contributed by atoms with E-state index in [0.717, 1.165) is 12.1 Å². The van der Waals surface area contributed by atoms with Crippen molar-refractivity contribution >= 4 is 21.6 Å². The van der Waals surface area contributed by atoms with Crippen molar-refractivity contribution in [3.63, 3.8) is 0 Å². The molecular weight excluding hydrogens is 602 g/mol. The van der Waals surface area contributed by atoms with Crippen LogP contribution in [0.15, 0.2) is 113 Å². The largest absolute Gasteiger partial charge is 0.494 e. The van der Waals surface area contributed by atoms with Crippen molar-refractivity contribution in [3.8, 4) is 5.75 Å². The first-order valence-electron chi connectivity index (χ1n) is 14.4. The molecule has 5 rings (SSSR count). The summed E-state index contributed by atoms with van der Waals surface area (Å²) in [6, 6.07) is 27.0. The zero-order valence-electron chi connectivity index (χ0n) is 24.2. The van der Waals surface area contributed by atoms with Gasteiger partial charge in [0.1, 0.15) is 5.75 Å². The predicted octanol–water partition coefficient (Wildman–Crippen LogP) is 5.16. The summed E-state index contributed by atoms with van der Waals surface area (Å²) in [6.45, 7) is 0.180. The van der Waals surface area contributed by atoms with Gasteiger partial charge in [-0.05, 0) is 59.7 Å². The van der Waals surface area contributed by atoms with Gasteiger partial charge in [0.15, 0.2) is 33.1 Å². The number of aliphatic hydroxyl groups excluding tert-OH is 1. The lowest BCUT2D eigenvalue weighted by Gasteiger charge is -2.30. The number of carbonyl (C=O) groups is 1. The molecule has 0 aliphatic carbocycles. The van der Waals surface area contributed by atoms with Gasteiger partial charge in [0, 0.05) is 31.6 Å². The van der Waals surface area contributed by atoms with Gasteiger partial charge in [-0.2, -0.15) is 0 Å². The predicted molar refractivity (Wildman–Crippen MR) is 164 cm³/mol. The Morgan fingerprint density at radius 1 is 0.933 bits per heavy atom. The average molecular weight is 635 g/mol. The molecular formula is C34H32F2N2O6S. The summed E-state index contributed by atoms with van der Waals surface area (Å²) in [6.07, 6.45) is -0.769. The van der Waals surface area contributed by atoms with E-state index >= 15 is 0 Å². The van der Waals surface area contributed by atoms with Gasteiger partial charge < -0.3 is 19.9 Å². The smallest absolute Gasteiger partial charge is 0.252 e. The third kappa shape index (κ3) is 7.38. The maximum atomic E-state index is 14.2. The second-order valence-electron chi connectivity index (χ2n) is 10.5. The van der Waals surface area contributed by atoms with Crippen LogP contribution >= 0.6 is 0 Å². The summed E-state index contributed by atoms with van der Waals surface area (Å²) in [7, 11) is -3.83. The minimum Gasteiger partial charge on any atom is -0.494 e. The number of benzene rings is 4. The number of amides is 1. The molecule has 4 aromatic rings. The number of aliphatic imine (C=N–C) groups is 1. The third-order valence-corrected chi connectivity index (χ3v) is 9.16. The van der Waals surface area contributed by atoms with Crippen LogP contribution in [0.5, 0.6) is 5.75 Å². The first kappa shape index (κ1) is 31.8. The van der Waals surface area contributed by atoms with Crippen LogP contribution in [0.2, 0.25) is 0 Å². The number of nitrogens with one attached hydrogen (secondary N) is 1. The monoisotopic (exact) mass is 634 g/mol. The average Bonchev–Trinajstić information content (AvgIpc) is 3.46. The molecule has 0 radical (unpaired) electrons. The highest BCUT2D eigenvalue weighted by molar-refractivity contribution is 7.91. The number of sulfone groups is 1. The first-order chi connectivity index (χ1) is 21.7. The van der Waals surface area contributed by atoms with Gasteiger partial charge in [-0.15, -0.1) is 0 Å². The van der Waals surface area contributed by atoms with E-state index in [1.807, 2.05) is 0 Å². The zero-order chi connectivity index (χ0) is 31.9. The summed E-state index contributed by atoms with van der Waals surface area (Å²) in [5.41, 5.74) is -0.301. The highest BCUT2D eigenvalue weighted by Gasteiger charge is 2.53. The normalized spacial score (nSPS) is 17.8. The molecule has 2 N–H and O–H groups in total. The molecule has 0 saturated carbocycles. The number of aliphatic hydroxyl groups is 1. The molecule has 0 spiro atoms. The number of hydrogen-bond donors (Lipinski definition) is 2. The van der Waals surface area contributed by atoms with E-state index < -0.39 is 44.8 Å². The minimum absolute atomic E-state index is 0.00381. The molecule has 0 saturated heterocycles. The molecule has 1 aliphatic rings. The summed E-state index contributed by atoms with van der Waals surface area (Å²) in [5, 5.41) is 11.8. The van der Waals surface area contributed by atoms with Gasteiger partial charge in [-0.3, -0.25) is 4.79 Å². The Morgan fingerprint density at radius 2 is 1.62 bits per heavy atom. The molecule has 2 atom stereocenters. The molecule has 234 valence electrons. The fraction of sp³-hybridized carbons (Fsp3) is 0.235. The van der Waals surface area contributed by atoms with E-state index in [1.165, 1.54) is 18.2 Å². The maximum absolute atomic E-state index is 14.2. The second kappa shape index (κ2) is 14.0. The van der Waals surface area contributed by atoms with Gasteiger partial charge in [0.2, 0.25) is 5.90 Å². The van der Waals surface area contributed by atoms with E-state index in [0.29, 0.717) is 35.5 Å². The van der Waals surface area contributed by atoms with Crippen molar-refractivity contribution in [1.82, 2.24) is 5.32 Å². The van der Waals surface area contributed by atoms with Crippen LogP contribution in [0.4, 0.5) is 8.78 Å². The minimum atomic E-state index is -3.83. The van der Waals surface area contributed by atoms with Crippen molar-refractivity contribution in [2.24, 2.45) is 4.99 Å². The molecule has 0 bridgehead atoms. The van der Waals surface area contributed by atoms with Gasteiger partial charge >= 0.3 is 0 Å². The van der Waals surface area contributed by atoms with E-state index in [9.17, 15) is 22.0 Å². The van der Waals surface area contributed by atoms with Crippen molar-refractivity contribution in [3.05, 3.63) is 131 Å². The first-order valence-corrected chi connectivity index (χ1v) is 16.0. The second-order valence-corrected chi connectivity index (χ2v) is 12.6. The fourth-order valence-electron chi connectivity index (χ4n) is 5.02. The number of nitrogens with zero attached hydrogens (tertiary/aromatic N) is 1. The van der Waals surface area contributed by atoms with Crippen molar-refractivity contribution in [1.29, 1.82) is 0 Å². The Morgan fingerprint density at radius 3 is 2.29 bits per heavy atom. The fourth-order valence-corrected chi connectivity index (χ4v) is 6.41. The van der Waals surface area contributed by atoms with E-state index in [-0.39, 0.29) is 30.4 Å². The number of carbonyl (C=O) groups excluding carboxylic acids is 1. The summed E-state index contributed by atoms with van der Waals surface area (Å²) in [4.78, 5) is 19.1. The molecule has 11 heteroatoms. The van der Waals surface area contributed by atoms with Crippen LogP contribution in [-0.2, 0) is 25.9 Å². The molecule has 0 unspecified atom stereocenters. The highest BCUT2D eigenvalue weighted by atomic mass is 32.2. The molecule has 45 heavy (non-hydrogen) atoms. The Kier molecular flexibility index (Phi) is 9.90.